The first-order chi connectivity index (χ1) is 24.0. The number of carbonyl (C=O) groups excluding carboxylic acids is 1. The second kappa shape index (κ2) is 16.2. The monoisotopic (exact) mass is 658 g/mol. The van der Waals surface area contributed by atoms with Crippen LogP contribution in [0.25, 0.3) is 22.3 Å². The van der Waals surface area contributed by atoms with E-state index in [9.17, 15) is 9.18 Å². The van der Waals surface area contributed by atoms with E-state index in [1.54, 1.807) is 38.5 Å². The van der Waals surface area contributed by atoms with Crippen molar-refractivity contribution in [2.45, 2.75) is 38.2 Å². The van der Waals surface area contributed by atoms with Crippen molar-refractivity contribution in [2.24, 2.45) is 5.92 Å². The van der Waals surface area contributed by atoms with Crippen molar-refractivity contribution in [3.8, 4) is 39.5 Å². The lowest BCUT2D eigenvalue weighted by molar-refractivity contribution is 0.0954. The van der Waals surface area contributed by atoms with Crippen molar-refractivity contribution in [1.29, 1.82) is 0 Å². The SMILES string of the molecule is COc1cccc(-c2cc(C(=O)NCCc3ccc(OC4CCC(CNc5ccccc5)CC4)cc3-c3cccc(F)c3)ccc2OC)c1. The Labute approximate surface area is 288 Å². The minimum atomic E-state index is -0.295. The number of para-hydroxylation sites is 1. The summed E-state index contributed by atoms with van der Waals surface area (Å²) in [5, 5.41) is 6.63. The number of ether oxygens (including phenoxy) is 3. The molecule has 49 heavy (non-hydrogen) atoms. The first-order valence-corrected chi connectivity index (χ1v) is 16.9. The average molecular weight is 659 g/mol. The molecular weight excluding hydrogens is 615 g/mol. The van der Waals surface area contributed by atoms with Crippen LogP contribution < -0.4 is 24.8 Å². The molecule has 252 valence electrons. The Hall–Kier alpha value is -5.30. The summed E-state index contributed by atoms with van der Waals surface area (Å²) >= 11 is 0. The van der Waals surface area contributed by atoms with Crippen LogP contribution in [0.1, 0.15) is 41.6 Å². The van der Waals surface area contributed by atoms with Crippen LogP contribution >= 0.6 is 0 Å². The molecular formula is C42H43FN2O4. The third kappa shape index (κ3) is 8.79. The molecule has 0 spiro atoms. The number of anilines is 1. The zero-order chi connectivity index (χ0) is 34.0. The number of carbonyl (C=O) groups is 1. The number of hydrogen-bond donors (Lipinski definition) is 2. The van der Waals surface area contributed by atoms with Gasteiger partial charge in [-0.25, -0.2) is 4.39 Å². The first kappa shape index (κ1) is 33.6. The van der Waals surface area contributed by atoms with Crippen LogP contribution in [-0.4, -0.2) is 39.3 Å². The molecule has 6 nitrogen and oxygen atoms in total. The van der Waals surface area contributed by atoms with E-state index < -0.39 is 0 Å². The molecule has 1 saturated carbocycles. The minimum Gasteiger partial charge on any atom is -0.497 e. The summed E-state index contributed by atoms with van der Waals surface area (Å²) in [6, 6.07) is 36.0. The number of nitrogens with one attached hydrogen (secondary N) is 2. The summed E-state index contributed by atoms with van der Waals surface area (Å²) in [5.41, 5.74) is 6.05. The van der Waals surface area contributed by atoms with Crippen LogP contribution in [0, 0.1) is 11.7 Å². The van der Waals surface area contributed by atoms with Gasteiger partial charge < -0.3 is 24.8 Å². The van der Waals surface area contributed by atoms with E-state index in [4.69, 9.17) is 14.2 Å². The van der Waals surface area contributed by atoms with Gasteiger partial charge in [-0.2, -0.15) is 0 Å². The van der Waals surface area contributed by atoms with Crippen molar-refractivity contribution in [2.75, 3.05) is 32.6 Å². The molecule has 0 bridgehead atoms. The quantitative estimate of drug-likeness (QED) is 0.132. The van der Waals surface area contributed by atoms with Crippen LogP contribution in [0.15, 0.2) is 115 Å². The summed E-state index contributed by atoms with van der Waals surface area (Å²) in [6.07, 6.45) is 4.91. The molecule has 5 aromatic rings. The number of benzene rings is 5. The molecule has 0 aliphatic heterocycles. The number of rotatable bonds is 13. The molecule has 1 aliphatic carbocycles. The molecule has 1 aliphatic rings. The summed E-state index contributed by atoms with van der Waals surface area (Å²) in [4.78, 5) is 13.3. The Balaban J connectivity index is 1.10. The van der Waals surface area contributed by atoms with Crippen LogP contribution in [-0.2, 0) is 6.42 Å². The van der Waals surface area contributed by atoms with E-state index in [2.05, 4.69) is 34.9 Å². The van der Waals surface area contributed by atoms with E-state index in [1.807, 2.05) is 60.7 Å². The van der Waals surface area contributed by atoms with Crippen LogP contribution in [0.2, 0.25) is 0 Å². The minimum absolute atomic E-state index is 0.143. The van der Waals surface area contributed by atoms with Crippen LogP contribution in [0.3, 0.4) is 0 Å². The Kier molecular flexibility index (Phi) is 11.1. The molecule has 0 atom stereocenters. The maximum atomic E-state index is 14.4. The molecule has 5 aromatic carbocycles. The standard InChI is InChI=1S/C42H43FN2O4/c1-47-37-13-7-9-32(25-37)40-26-33(17-21-41(40)48-2)42(46)44-23-22-30-16-20-38(27-39(30)31-8-6-10-34(43)24-31)49-36-18-14-29(15-19-36)28-45-35-11-4-3-5-12-35/h3-13,16-17,20-21,24-27,29,36,45H,14-15,18-19,22-23,28H2,1-2H3,(H,44,46). The lowest BCUT2D eigenvalue weighted by Gasteiger charge is -2.29. The summed E-state index contributed by atoms with van der Waals surface area (Å²) in [6.45, 7) is 1.37. The van der Waals surface area contributed by atoms with E-state index in [1.165, 1.54) is 6.07 Å². The molecule has 0 heterocycles. The van der Waals surface area contributed by atoms with E-state index >= 15 is 0 Å². The number of halogens is 1. The highest BCUT2D eigenvalue weighted by molar-refractivity contribution is 5.96. The fraction of sp³-hybridized carbons (Fsp3) is 0.262. The van der Waals surface area contributed by atoms with Gasteiger partial charge in [-0.1, -0.05) is 48.5 Å². The van der Waals surface area contributed by atoms with Crippen molar-refractivity contribution >= 4 is 11.6 Å². The highest BCUT2D eigenvalue weighted by Gasteiger charge is 2.23. The topological polar surface area (TPSA) is 68.8 Å². The third-order valence-corrected chi connectivity index (χ3v) is 9.20. The van der Waals surface area contributed by atoms with Gasteiger partial charge in [-0.3, -0.25) is 4.79 Å². The normalized spacial score (nSPS) is 15.7. The highest BCUT2D eigenvalue weighted by Crippen LogP contribution is 2.34. The second-order valence-corrected chi connectivity index (χ2v) is 12.5. The van der Waals surface area contributed by atoms with E-state index in [0.717, 1.165) is 77.2 Å². The van der Waals surface area contributed by atoms with Crippen molar-refractivity contribution < 1.29 is 23.4 Å². The lowest BCUT2D eigenvalue weighted by atomic mass is 9.87. The molecule has 0 saturated heterocycles. The van der Waals surface area contributed by atoms with E-state index in [-0.39, 0.29) is 17.8 Å². The van der Waals surface area contributed by atoms with Crippen LogP contribution in [0.5, 0.6) is 17.2 Å². The van der Waals surface area contributed by atoms with Gasteiger partial charge in [-0.05, 0) is 127 Å². The summed E-state index contributed by atoms with van der Waals surface area (Å²) < 4.78 is 31.8. The van der Waals surface area contributed by atoms with Crippen molar-refractivity contribution in [1.82, 2.24) is 5.32 Å². The van der Waals surface area contributed by atoms with Gasteiger partial charge in [-0.15, -0.1) is 0 Å². The second-order valence-electron chi connectivity index (χ2n) is 12.5. The molecule has 0 aromatic heterocycles. The Morgan fingerprint density at radius 2 is 1.51 bits per heavy atom. The number of hydrogen-bond acceptors (Lipinski definition) is 5. The largest absolute Gasteiger partial charge is 0.497 e. The fourth-order valence-corrected chi connectivity index (χ4v) is 6.51. The average Bonchev–Trinajstić information content (AvgIpc) is 3.15. The van der Waals surface area contributed by atoms with Gasteiger partial charge in [0.25, 0.3) is 5.91 Å². The lowest BCUT2D eigenvalue weighted by Crippen LogP contribution is -2.27. The van der Waals surface area contributed by atoms with E-state index in [0.29, 0.717) is 30.2 Å². The Morgan fingerprint density at radius 1 is 0.735 bits per heavy atom. The molecule has 0 radical (unpaired) electrons. The van der Waals surface area contributed by atoms with Gasteiger partial charge in [0.2, 0.25) is 0 Å². The molecule has 1 fully saturated rings. The molecule has 2 N–H and O–H groups in total. The number of methoxy groups -OCH3 is 2. The maximum Gasteiger partial charge on any atom is 0.251 e. The smallest absolute Gasteiger partial charge is 0.251 e. The Morgan fingerprint density at radius 3 is 2.27 bits per heavy atom. The zero-order valence-corrected chi connectivity index (χ0v) is 28.1. The van der Waals surface area contributed by atoms with Crippen LogP contribution in [0.4, 0.5) is 10.1 Å². The molecule has 7 heteroatoms. The van der Waals surface area contributed by atoms with Gasteiger partial charge in [0, 0.05) is 29.9 Å². The van der Waals surface area contributed by atoms with Gasteiger partial charge in [0.1, 0.15) is 23.1 Å². The predicted octanol–water partition coefficient (Wildman–Crippen LogP) is 9.20. The number of amides is 1. The summed E-state index contributed by atoms with van der Waals surface area (Å²) in [7, 11) is 3.24. The predicted molar refractivity (Wildman–Crippen MR) is 194 cm³/mol. The molecule has 1 amide bonds. The molecule has 0 unspecified atom stereocenters. The molecule has 6 rings (SSSR count). The van der Waals surface area contributed by atoms with Crippen molar-refractivity contribution in [3.05, 3.63) is 132 Å². The fourth-order valence-electron chi connectivity index (χ4n) is 6.51. The first-order valence-electron chi connectivity index (χ1n) is 16.9. The van der Waals surface area contributed by atoms with Gasteiger partial charge >= 0.3 is 0 Å². The van der Waals surface area contributed by atoms with Gasteiger partial charge in [0.15, 0.2) is 0 Å². The maximum absolute atomic E-state index is 14.4. The highest BCUT2D eigenvalue weighted by atomic mass is 19.1. The summed E-state index contributed by atoms with van der Waals surface area (Å²) in [5.74, 6) is 2.30. The Bertz CT molecular complexity index is 1850. The zero-order valence-electron chi connectivity index (χ0n) is 28.1. The van der Waals surface area contributed by atoms with Gasteiger partial charge in [0.05, 0.1) is 20.3 Å². The third-order valence-electron chi connectivity index (χ3n) is 9.20. The van der Waals surface area contributed by atoms with Crippen molar-refractivity contribution in [3.63, 3.8) is 0 Å².